The molecule has 3 amide bonds. The molecule has 3 aliphatic rings. The highest BCUT2D eigenvalue weighted by atomic mass is 19.3. The van der Waals surface area contributed by atoms with E-state index in [1.165, 1.54) is 25.1 Å². The lowest BCUT2D eigenvalue weighted by atomic mass is 10.1. The Kier molecular flexibility index (Phi) is 9.40. The van der Waals surface area contributed by atoms with Gasteiger partial charge < -0.3 is 39.3 Å². The first-order valence-electron chi connectivity index (χ1n) is 15.2. The zero-order valence-electron chi connectivity index (χ0n) is 26.0. The van der Waals surface area contributed by atoms with E-state index in [-0.39, 0.29) is 59.2 Å². The number of alkyl halides is 2. The van der Waals surface area contributed by atoms with Gasteiger partial charge in [0.15, 0.2) is 23.0 Å². The fourth-order valence-corrected chi connectivity index (χ4v) is 5.09. The van der Waals surface area contributed by atoms with Crippen LogP contribution in [0.2, 0.25) is 0 Å². The molecule has 15 heteroatoms. The summed E-state index contributed by atoms with van der Waals surface area (Å²) in [5, 5.41) is 15.4. The van der Waals surface area contributed by atoms with E-state index in [1.807, 2.05) is 0 Å². The summed E-state index contributed by atoms with van der Waals surface area (Å²) in [6.07, 6.45) is 2.65. The van der Waals surface area contributed by atoms with Crippen molar-refractivity contribution in [2.24, 2.45) is 11.8 Å². The molecule has 3 atom stereocenters. The molecular weight excluding hydrogens is 610 g/mol. The van der Waals surface area contributed by atoms with E-state index < -0.39 is 48.3 Å². The van der Waals surface area contributed by atoms with E-state index in [0.717, 1.165) is 30.6 Å². The van der Waals surface area contributed by atoms with Gasteiger partial charge in [0.1, 0.15) is 11.6 Å². The third-order valence-corrected chi connectivity index (χ3v) is 7.70. The maximum absolute atomic E-state index is 14.0. The molecular formula is C31H38F2N4O9. The van der Waals surface area contributed by atoms with Crippen LogP contribution in [0.25, 0.3) is 11.5 Å². The molecule has 1 aromatic heterocycles. The van der Waals surface area contributed by atoms with Gasteiger partial charge in [-0.25, -0.2) is 14.6 Å². The number of benzene rings is 1. The van der Waals surface area contributed by atoms with E-state index in [0.29, 0.717) is 12.5 Å². The number of halogens is 2. The Hall–Kier alpha value is -4.43. The van der Waals surface area contributed by atoms with Crippen molar-refractivity contribution in [1.82, 2.24) is 20.5 Å². The molecule has 0 radical (unpaired) electrons. The zero-order chi connectivity index (χ0) is 33.3. The maximum Gasteiger partial charge on any atom is 0.408 e. The number of nitrogens with one attached hydrogen (secondary N) is 2. The van der Waals surface area contributed by atoms with Crippen molar-refractivity contribution in [3.8, 4) is 23.0 Å². The summed E-state index contributed by atoms with van der Waals surface area (Å²) in [6, 6.07) is 1.25. The molecule has 2 aromatic rings. The van der Waals surface area contributed by atoms with Crippen molar-refractivity contribution in [3.63, 3.8) is 0 Å². The molecule has 5 rings (SSSR count). The van der Waals surface area contributed by atoms with Crippen LogP contribution >= 0.6 is 0 Å². The molecule has 3 N–H and O–H groups in total. The number of ether oxygens (including phenoxy) is 3. The van der Waals surface area contributed by atoms with Crippen molar-refractivity contribution in [3.05, 3.63) is 29.7 Å². The lowest BCUT2D eigenvalue weighted by molar-refractivity contribution is -0.141. The number of amides is 3. The number of likely N-dealkylation sites (tertiary alicyclic amines) is 1. The van der Waals surface area contributed by atoms with Crippen LogP contribution in [0.5, 0.6) is 11.5 Å². The molecule has 13 nitrogen and oxygen atoms in total. The number of aliphatic carboxylic acids is 1. The second-order valence-corrected chi connectivity index (χ2v) is 12.9. The van der Waals surface area contributed by atoms with E-state index in [2.05, 4.69) is 20.4 Å². The Bertz CT molecular complexity index is 1480. The smallest absolute Gasteiger partial charge is 0.408 e. The zero-order valence-corrected chi connectivity index (χ0v) is 26.0. The molecule has 0 bridgehead atoms. The predicted molar refractivity (Wildman–Crippen MR) is 156 cm³/mol. The number of carbonyl (C=O) groups excluding carboxylic acids is 3. The number of aromatic nitrogens is 1. The van der Waals surface area contributed by atoms with Crippen LogP contribution in [0.15, 0.2) is 22.6 Å². The Morgan fingerprint density at radius 2 is 1.85 bits per heavy atom. The second kappa shape index (κ2) is 13.1. The first kappa shape index (κ1) is 32.9. The summed E-state index contributed by atoms with van der Waals surface area (Å²) in [4.78, 5) is 56.7. The minimum Gasteiger partial charge on any atom is -0.489 e. The van der Waals surface area contributed by atoms with Crippen molar-refractivity contribution in [2.45, 2.75) is 90.1 Å². The third-order valence-electron chi connectivity index (χ3n) is 7.70. The number of alkyl carbamates (subject to hydrolysis) is 1. The van der Waals surface area contributed by atoms with Gasteiger partial charge in [0.05, 0.1) is 12.6 Å². The number of hydrogen-bond acceptors (Lipinski definition) is 9. The van der Waals surface area contributed by atoms with Crippen molar-refractivity contribution >= 4 is 23.9 Å². The minimum atomic E-state index is -3.09. The molecule has 1 aliphatic heterocycles. The monoisotopic (exact) mass is 648 g/mol. The van der Waals surface area contributed by atoms with Gasteiger partial charge in [-0.3, -0.25) is 9.59 Å². The molecule has 2 saturated carbocycles. The summed E-state index contributed by atoms with van der Waals surface area (Å²) in [5.41, 5.74) is -0.840. The topological polar surface area (TPSA) is 170 Å². The van der Waals surface area contributed by atoms with Crippen LogP contribution in [0, 0.1) is 11.8 Å². The van der Waals surface area contributed by atoms with Gasteiger partial charge in [0, 0.05) is 30.5 Å². The van der Waals surface area contributed by atoms with Crippen LogP contribution in [0.1, 0.15) is 82.1 Å². The molecule has 3 fully saturated rings. The van der Waals surface area contributed by atoms with Crippen LogP contribution < -0.4 is 20.1 Å². The van der Waals surface area contributed by atoms with Crippen molar-refractivity contribution < 1.29 is 51.7 Å². The van der Waals surface area contributed by atoms with Gasteiger partial charge >= 0.3 is 18.7 Å². The van der Waals surface area contributed by atoms with Crippen molar-refractivity contribution in [2.75, 3.05) is 13.2 Å². The normalized spacial score (nSPS) is 20.3. The Morgan fingerprint density at radius 1 is 1.13 bits per heavy atom. The lowest BCUT2D eigenvalue weighted by Crippen LogP contribution is -2.42. The Balaban J connectivity index is 1.47. The van der Waals surface area contributed by atoms with E-state index >= 15 is 0 Å². The Morgan fingerprint density at radius 3 is 2.46 bits per heavy atom. The molecule has 1 saturated heterocycles. The minimum absolute atomic E-state index is 0.00141. The maximum atomic E-state index is 14.0. The van der Waals surface area contributed by atoms with E-state index in [4.69, 9.17) is 13.9 Å². The number of hydrogen-bond donors (Lipinski definition) is 3. The number of oxazole rings is 1. The van der Waals surface area contributed by atoms with Crippen molar-refractivity contribution in [1.29, 1.82) is 0 Å². The molecule has 46 heavy (non-hydrogen) atoms. The first-order chi connectivity index (χ1) is 21.7. The van der Waals surface area contributed by atoms with Gasteiger partial charge in [-0.2, -0.15) is 8.78 Å². The Labute approximate surface area is 263 Å². The summed E-state index contributed by atoms with van der Waals surface area (Å²) in [6.45, 7) is 3.70. The van der Waals surface area contributed by atoms with Crippen LogP contribution in [-0.2, 0) is 14.3 Å². The standard InChI is InChI=1S/C31H38F2N4O9/c1-15(34-30(42)46-31(2,3)4)24-23(27(39)37-13-19(12-20(37)28(40)41)35-25(38)17-7-8-17)36-26(45-24)18-9-10-21(44-29(32)33)22(11-18)43-14-16-5-6-16/h9-11,15-17,19-20,29H,5-8,12-14H2,1-4H3,(H,34,42)(H,35,38)(H,40,41)/t15-,19+,20-/m0/s1. The van der Waals surface area contributed by atoms with Gasteiger partial charge in [-0.05, 0) is 77.5 Å². The summed E-state index contributed by atoms with van der Waals surface area (Å²) in [7, 11) is 0. The fraction of sp³-hybridized carbons (Fsp3) is 0.581. The molecule has 0 unspecified atom stereocenters. The van der Waals surface area contributed by atoms with Gasteiger partial charge in [-0.15, -0.1) is 0 Å². The summed E-state index contributed by atoms with van der Waals surface area (Å²) >= 11 is 0. The molecule has 2 heterocycles. The molecule has 1 aromatic carbocycles. The largest absolute Gasteiger partial charge is 0.489 e. The highest BCUT2D eigenvalue weighted by Gasteiger charge is 2.44. The number of carbonyl (C=O) groups is 4. The number of carboxylic acid groups (broad SMARTS) is 1. The second-order valence-electron chi connectivity index (χ2n) is 12.9. The lowest BCUT2D eigenvalue weighted by Gasteiger charge is -2.23. The highest BCUT2D eigenvalue weighted by Crippen LogP contribution is 2.38. The van der Waals surface area contributed by atoms with Crippen LogP contribution in [0.3, 0.4) is 0 Å². The quantitative estimate of drug-likeness (QED) is 0.298. The van der Waals surface area contributed by atoms with Gasteiger partial charge in [0.25, 0.3) is 5.91 Å². The SMILES string of the molecule is C[C@H](NC(=O)OC(C)(C)C)c1oc(-c2ccc(OC(F)F)c(OCC3CC3)c2)nc1C(=O)N1C[C@H](NC(=O)C2CC2)C[C@H]1C(=O)O. The number of nitrogens with zero attached hydrogens (tertiary/aromatic N) is 2. The van der Waals surface area contributed by atoms with Gasteiger partial charge in [0.2, 0.25) is 11.8 Å². The average molecular weight is 649 g/mol. The molecule has 2 aliphatic carbocycles. The van der Waals surface area contributed by atoms with E-state index in [9.17, 15) is 33.1 Å². The summed E-state index contributed by atoms with van der Waals surface area (Å²) in [5.74, 6) is -2.39. The average Bonchev–Trinajstić information content (AvgIpc) is 3.89. The molecule has 250 valence electrons. The fourth-order valence-electron chi connectivity index (χ4n) is 5.09. The first-order valence-corrected chi connectivity index (χ1v) is 15.2. The molecule has 0 spiro atoms. The summed E-state index contributed by atoms with van der Waals surface area (Å²) < 4.78 is 47.9. The third kappa shape index (κ3) is 8.23. The highest BCUT2D eigenvalue weighted by molar-refractivity contribution is 5.97. The van der Waals surface area contributed by atoms with Crippen LogP contribution in [-0.4, -0.2) is 76.3 Å². The number of rotatable bonds is 12. The number of carboxylic acids is 1. The predicted octanol–water partition coefficient (Wildman–Crippen LogP) is 4.51. The van der Waals surface area contributed by atoms with Crippen LogP contribution in [0.4, 0.5) is 13.6 Å². The van der Waals surface area contributed by atoms with E-state index in [1.54, 1.807) is 20.8 Å². The van der Waals surface area contributed by atoms with Gasteiger partial charge in [-0.1, -0.05) is 0 Å².